The molecule has 0 aliphatic heterocycles. The maximum Gasteiger partial charge on any atom is 0.248 e. The second-order valence-electron chi connectivity index (χ2n) is 5.43. The van der Waals surface area contributed by atoms with Gasteiger partial charge in [-0.1, -0.05) is 32.8 Å². The molecule has 23 heavy (non-hydrogen) atoms. The summed E-state index contributed by atoms with van der Waals surface area (Å²) in [5.41, 5.74) is 0. The van der Waals surface area contributed by atoms with E-state index in [-0.39, 0.29) is 6.54 Å². The third-order valence-corrected chi connectivity index (χ3v) is 3.62. The Labute approximate surface area is 136 Å². The molecule has 0 aliphatic carbocycles. The molecule has 0 heterocycles. The molecule has 0 saturated carbocycles. The van der Waals surface area contributed by atoms with Gasteiger partial charge in [-0.2, -0.15) is 0 Å². The van der Waals surface area contributed by atoms with Crippen LogP contribution >= 0.6 is 0 Å². The van der Waals surface area contributed by atoms with Crippen LogP contribution in [0.15, 0.2) is 12.7 Å². The predicted octanol–water partition coefficient (Wildman–Crippen LogP) is -1.66. The molecule has 0 fully saturated rings. The van der Waals surface area contributed by atoms with Gasteiger partial charge in [-0.05, 0) is 12.5 Å². The number of nitrogens with zero attached hydrogens (tertiary/aromatic N) is 1. The average molecular weight is 335 g/mol. The number of unbranched alkanes of at least 4 members (excludes halogenated alkanes) is 3. The molecular weight excluding hydrogens is 306 g/mol. The fraction of sp³-hybridized carbons (Fsp3) is 0.800. The summed E-state index contributed by atoms with van der Waals surface area (Å²) in [4.78, 5) is 12.7. The fourth-order valence-electron chi connectivity index (χ4n) is 2.10. The third-order valence-electron chi connectivity index (χ3n) is 3.62. The molecule has 1 unspecified atom stereocenters. The van der Waals surface area contributed by atoms with Gasteiger partial charge in [0.2, 0.25) is 5.91 Å². The minimum atomic E-state index is -1.94. The number of aliphatic hydroxyl groups excluding tert-OH is 6. The Morgan fingerprint density at radius 3 is 2.13 bits per heavy atom. The van der Waals surface area contributed by atoms with Gasteiger partial charge in [0.1, 0.15) is 24.4 Å². The maximum absolute atomic E-state index is 11.8. The van der Waals surface area contributed by atoms with Crippen LogP contribution in [0.1, 0.15) is 32.6 Å². The summed E-state index contributed by atoms with van der Waals surface area (Å²) in [6.45, 7) is 4.66. The molecule has 5 atom stereocenters. The molecule has 0 aromatic carbocycles. The first-order chi connectivity index (χ1) is 10.8. The molecule has 0 spiro atoms. The first kappa shape index (κ1) is 22.0. The second kappa shape index (κ2) is 11.5. The summed E-state index contributed by atoms with van der Waals surface area (Å²) in [6.07, 6.45) is -4.85. The number of hydrogen-bond acceptors (Lipinski definition) is 7. The van der Waals surface area contributed by atoms with Gasteiger partial charge in [0, 0.05) is 6.54 Å². The van der Waals surface area contributed by atoms with Crippen molar-refractivity contribution in [1.29, 1.82) is 0 Å². The van der Waals surface area contributed by atoms with Crippen molar-refractivity contribution in [3.63, 3.8) is 0 Å². The minimum absolute atomic E-state index is 0.147. The van der Waals surface area contributed by atoms with Crippen molar-refractivity contribution in [2.45, 2.75) is 63.3 Å². The Morgan fingerprint density at radius 1 is 1.04 bits per heavy atom. The second-order valence-corrected chi connectivity index (χ2v) is 5.43. The fourth-order valence-corrected chi connectivity index (χ4v) is 2.10. The highest BCUT2D eigenvalue weighted by Gasteiger charge is 2.37. The number of aliphatic hydroxyl groups is 6. The lowest BCUT2D eigenvalue weighted by atomic mass is 10.0. The SMILES string of the molecule is C=CC(=O)N(CCCCCC)C(O)[C@H](O)[C@@H](O)[C@H](O)[C@H](O)CO. The highest BCUT2D eigenvalue weighted by Crippen LogP contribution is 2.13. The van der Waals surface area contributed by atoms with Gasteiger partial charge in [-0.25, -0.2) is 0 Å². The Hall–Kier alpha value is -1.03. The summed E-state index contributed by atoms with van der Waals surface area (Å²) in [5, 5.41) is 57.4. The predicted molar refractivity (Wildman–Crippen MR) is 83.2 cm³/mol. The molecule has 136 valence electrons. The first-order valence-corrected chi connectivity index (χ1v) is 7.75. The minimum Gasteiger partial charge on any atom is -0.394 e. The van der Waals surface area contributed by atoms with Crippen molar-refractivity contribution in [1.82, 2.24) is 4.90 Å². The van der Waals surface area contributed by atoms with Crippen LogP contribution in [0.2, 0.25) is 0 Å². The molecule has 0 radical (unpaired) electrons. The number of carbonyl (C=O) groups excluding carboxylic acids is 1. The number of rotatable bonds is 12. The Kier molecular flexibility index (Phi) is 11.0. The van der Waals surface area contributed by atoms with Gasteiger partial charge in [-0.3, -0.25) is 4.79 Å². The molecule has 0 bridgehead atoms. The van der Waals surface area contributed by atoms with Crippen LogP contribution in [0.25, 0.3) is 0 Å². The van der Waals surface area contributed by atoms with Crippen LogP contribution in [0.4, 0.5) is 0 Å². The van der Waals surface area contributed by atoms with Crippen molar-refractivity contribution >= 4 is 5.91 Å². The van der Waals surface area contributed by atoms with Gasteiger partial charge in [0.25, 0.3) is 0 Å². The quantitative estimate of drug-likeness (QED) is 0.142. The number of carbonyl (C=O) groups is 1. The lowest BCUT2D eigenvalue weighted by Crippen LogP contribution is -2.56. The Balaban J connectivity index is 4.86. The van der Waals surface area contributed by atoms with Gasteiger partial charge >= 0.3 is 0 Å². The van der Waals surface area contributed by atoms with Crippen molar-refractivity contribution in [3.05, 3.63) is 12.7 Å². The molecule has 6 N–H and O–H groups in total. The van der Waals surface area contributed by atoms with Crippen molar-refractivity contribution in [3.8, 4) is 0 Å². The lowest BCUT2D eigenvalue weighted by Gasteiger charge is -2.34. The largest absolute Gasteiger partial charge is 0.394 e. The summed E-state index contributed by atoms with van der Waals surface area (Å²) in [6, 6.07) is 0. The molecule has 8 heteroatoms. The molecule has 8 nitrogen and oxygen atoms in total. The van der Waals surface area contributed by atoms with Gasteiger partial charge in [-0.15, -0.1) is 0 Å². The molecule has 0 saturated heterocycles. The molecule has 0 aliphatic rings. The highest BCUT2D eigenvalue weighted by molar-refractivity contribution is 5.87. The summed E-state index contributed by atoms with van der Waals surface area (Å²) in [5.74, 6) is -0.627. The van der Waals surface area contributed by atoms with Gasteiger partial charge in [0.05, 0.1) is 6.61 Å². The Morgan fingerprint density at radius 2 is 1.65 bits per heavy atom. The number of hydrogen-bond donors (Lipinski definition) is 6. The van der Waals surface area contributed by atoms with Crippen molar-refractivity contribution in [2.24, 2.45) is 0 Å². The summed E-state index contributed by atoms with van der Waals surface area (Å²) < 4.78 is 0. The molecule has 0 rings (SSSR count). The van der Waals surface area contributed by atoms with E-state index in [1.54, 1.807) is 0 Å². The van der Waals surface area contributed by atoms with Crippen LogP contribution in [-0.4, -0.2) is 85.2 Å². The summed E-state index contributed by atoms with van der Waals surface area (Å²) >= 11 is 0. The van der Waals surface area contributed by atoms with Gasteiger partial charge in [0.15, 0.2) is 6.23 Å². The standard InChI is InChI=1S/C15H29NO7/c1-3-5-6-7-8-16(11(19)4-2)15(23)14(22)13(21)12(20)10(18)9-17/h4,10,12-15,17-18,20-23H,2-3,5-9H2,1H3/t10-,12-,13+,14-,15?/m1/s1. The van der Waals surface area contributed by atoms with E-state index in [9.17, 15) is 30.3 Å². The third kappa shape index (κ3) is 6.94. The molecule has 0 aromatic heterocycles. The monoisotopic (exact) mass is 335 g/mol. The van der Waals surface area contributed by atoms with Crippen molar-refractivity contribution < 1.29 is 35.4 Å². The smallest absolute Gasteiger partial charge is 0.248 e. The Bertz CT molecular complexity index is 353. The summed E-state index contributed by atoms with van der Waals surface area (Å²) in [7, 11) is 0. The lowest BCUT2D eigenvalue weighted by molar-refractivity contribution is -0.176. The van der Waals surface area contributed by atoms with Crippen LogP contribution < -0.4 is 0 Å². The maximum atomic E-state index is 11.8. The topological polar surface area (TPSA) is 142 Å². The van der Waals surface area contributed by atoms with E-state index in [1.807, 2.05) is 6.92 Å². The zero-order chi connectivity index (χ0) is 18.0. The highest BCUT2D eigenvalue weighted by atomic mass is 16.4. The van der Waals surface area contributed by atoms with E-state index in [0.29, 0.717) is 6.42 Å². The molecule has 0 aromatic rings. The van der Waals surface area contributed by atoms with E-state index >= 15 is 0 Å². The van der Waals surface area contributed by atoms with Crippen LogP contribution in [0.5, 0.6) is 0 Å². The van der Waals surface area contributed by atoms with E-state index in [2.05, 4.69) is 6.58 Å². The van der Waals surface area contributed by atoms with Crippen molar-refractivity contribution in [2.75, 3.05) is 13.2 Å². The average Bonchev–Trinajstić information content (AvgIpc) is 2.57. The zero-order valence-electron chi connectivity index (χ0n) is 13.5. The van der Waals surface area contributed by atoms with Crippen LogP contribution in [-0.2, 0) is 4.79 Å². The van der Waals surface area contributed by atoms with Crippen LogP contribution in [0.3, 0.4) is 0 Å². The van der Waals surface area contributed by atoms with E-state index in [1.165, 1.54) is 0 Å². The van der Waals surface area contributed by atoms with Gasteiger partial charge < -0.3 is 35.5 Å². The van der Waals surface area contributed by atoms with E-state index < -0.39 is 43.2 Å². The van der Waals surface area contributed by atoms with E-state index in [4.69, 9.17) is 5.11 Å². The number of amides is 1. The first-order valence-electron chi connectivity index (χ1n) is 7.75. The normalized spacial score (nSPS) is 17.9. The zero-order valence-corrected chi connectivity index (χ0v) is 13.5. The van der Waals surface area contributed by atoms with E-state index in [0.717, 1.165) is 30.2 Å². The molecule has 1 amide bonds. The molecular formula is C15H29NO7. The van der Waals surface area contributed by atoms with Crippen LogP contribution in [0, 0.1) is 0 Å².